The fourth-order valence-corrected chi connectivity index (χ4v) is 4.52. The number of allylic oxidation sites excluding steroid dienone is 1. The second kappa shape index (κ2) is 9.13. The van der Waals surface area contributed by atoms with E-state index in [0.29, 0.717) is 6.42 Å². The Morgan fingerprint density at radius 2 is 1.90 bits per heavy atom. The zero-order valence-electron chi connectivity index (χ0n) is 19.4. The highest BCUT2D eigenvalue weighted by molar-refractivity contribution is 6.31. The first kappa shape index (κ1) is 24.5. The number of hydrogen-bond acceptors (Lipinski definition) is 2. The van der Waals surface area contributed by atoms with Crippen LogP contribution in [0.1, 0.15) is 78.9 Å². The SMILES string of the molecule is CC(C)C1=CN([C@H](C)CC(=O)O)C(=O)C[C@@]1(C)c1ccc(CCC(C)(C)C)c(Cl)c1. The molecular formula is C25H36ClNO3. The van der Waals surface area contributed by atoms with Gasteiger partial charge < -0.3 is 10.0 Å². The molecule has 1 aromatic carbocycles. The van der Waals surface area contributed by atoms with Crippen molar-refractivity contribution >= 4 is 23.5 Å². The molecule has 0 spiro atoms. The Bertz CT molecular complexity index is 837. The first-order valence-corrected chi connectivity index (χ1v) is 11.2. The summed E-state index contributed by atoms with van der Waals surface area (Å²) in [6, 6.07) is 5.83. The van der Waals surface area contributed by atoms with Gasteiger partial charge in [-0.2, -0.15) is 0 Å². The lowest BCUT2D eigenvalue weighted by molar-refractivity contribution is -0.139. The molecule has 0 radical (unpaired) electrons. The Balaban J connectivity index is 2.40. The molecule has 1 heterocycles. The van der Waals surface area contributed by atoms with Gasteiger partial charge in [0, 0.05) is 29.1 Å². The van der Waals surface area contributed by atoms with Crippen LogP contribution < -0.4 is 0 Å². The van der Waals surface area contributed by atoms with E-state index >= 15 is 0 Å². The van der Waals surface area contributed by atoms with Gasteiger partial charge in [-0.15, -0.1) is 0 Å². The van der Waals surface area contributed by atoms with Crippen LogP contribution in [0.2, 0.25) is 5.02 Å². The van der Waals surface area contributed by atoms with Gasteiger partial charge in [-0.25, -0.2) is 0 Å². The molecule has 0 saturated carbocycles. The maximum absolute atomic E-state index is 13.0. The zero-order valence-corrected chi connectivity index (χ0v) is 20.1. The van der Waals surface area contributed by atoms with Gasteiger partial charge in [-0.1, -0.05) is 65.3 Å². The van der Waals surface area contributed by atoms with E-state index in [9.17, 15) is 9.59 Å². The summed E-state index contributed by atoms with van der Waals surface area (Å²) < 4.78 is 0. The van der Waals surface area contributed by atoms with E-state index in [0.717, 1.165) is 34.6 Å². The number of aryl methyl sites for hydroxylation is 1. The van der Waals surface area contributed by atoms with Crippen molar-refractivity contribution in [2.45, 2.75) is 85.6 Å². The summed E-state index contributed by atoms with van der Waals surface area (Å²) in [6.07, 6.45) is 4.09. The lowest BCUT2D eigenvalue weighted by Crippen LogP contribution is -2.46. The van der Waals surface area contributed by atoms with Gasteiger partial charge in [0.2, 0.25) is 5.91 Å². The van der Waals surface area contributed by atoms with Crippen LogP contribution >= 0.6 is 11.6 Å². The summed E-state index contributed by atoms with van der Waals surface area (Å²) >= 11 is 6.66. The molecule has 0 fully saturated rings. The molecule has 0 bridgehead atoms. The van der Waals surface area contributed by atoms with Crippen molar-refractivity contribution in [3.63, 3.8) is 0 Å². The Kier molecular flexibility index (Phi) is 7.45. The first-order valence-electron chi connectivity index (χ1n) is 10.8. The van der Waals surface area contributed by atoms with E-state index in [1.807, 2.05) is 12.3 Å². The number of aliphatic carboxylic acids is 1. The summed E-state index contributed by atoms with van der Waals surface area (Å²) in [6.45, 7) is 14.8. The van der Waals surface area contributed by atoms with E-state index < -0.39 is 11.4 Å². The van der Waals surface area contributed by atoms with Gasteiger partial charge in [-0.3, -0.25) is 9.59 Å². The Labute approximate surface area is 186 Å². The molecule has 2 atom stereocenters. The number of rotatable bonds is 7. The molecule has 5 heteroatoms. The molecule has 0 aliphatic carbocycles. The summed E-state index contributed by atoms with van der Waals surface area (Å²) in [5.74, 6) is -0.744. The molecule has 1 amide bonds. The molecule has 1 aromatic rings. The smallest absolute Gasteiger partial charge is 0.305 e. The van der Waals surface area contributed by atoms with E-state index in [4.69, 9.17) is 16.7 Å². The van der Waals surface area contributed by atoms with Gasteiger partial charge in [0.1, 0.15) is 0 Å². The molecule has 4 nitrogen and oxygen atoms in total. The summed E-state index contributed by atoms with van der Waals surface area (Å²) in [5, 5.41) is 9.88. The first-order chi connectivity index (χ1) is 13.7. The van der Waals surface area contributed by atoms with Crippen molar-refractivity contribution in [2.24, 2.45) is 11.3 Å². The summed E-state index contributed by atoms with van der Waals surface area (Å²) in [7, 11) is 0. The van der Waals surface area contributed by atoms with Crippen LogP contribution in [-0.2, 0) is 21.4 Å². The van der Waals surface area contributed by atoms with E-state index in [-0.39, 0.29) is 29.7 Å². The molecule has 0 aromatic heterocycles. The minimum Gasteiger partial charge on any atom is -0.481 e. The maximum atomic E-state index is 13.0. The molecule has 2 rings (SSSR count). The standard InChI is InChI=1S/C25H36ClNO3/c1-16(2)20-15-27(17(3)12-23(29)30)22(28)14-25(20,7)19-9-8-18(21(26)13-19)10-11-24(4,5)6/h8-9,13,15-17H,10-12,14H2,1-7H3,(H,29,30)/t17-,25+/m1/s1. The van der Waals surface area contributed by atoms with E-state index in [2.05, 4.69) is 53.7 Å². The van der Waals surface area contributed by atoms with Crippen LogP contribution in [0.3, 0.4) is 0 Å². The molecule has 0 unspecified atom stereocenters. The van der Waals surface area contributed by atoms with Crippen molar-refractivity contribution in [3.8, 4) is 0 Å². The minimum atomic E-state index is -0.902. The van der Waals surface area contributed by atoms with Crippen molar-refractivity contribution in [1.29, 1.82) is 0 Å². The summed E-state index contributed by atoms with van der Waals surface area (Å²) in [5.41, 5.74) is 3.07. The van der Waals surface area contributed by atoms with Crippen LogP contribution in [0.4, 0.5) is 0 Å². The van der Waals surface area contributed by atoms with Crippen LogP contribution in [-0.4, -0.2) is 27.9 Å². The third kappa shape index (κ3) is 5.66. The van der Waals surface area contributed by atoms with Crippen molar-refractivity contribution in [3.05, 3.63) is 46.1 Å². The molecule has 1 aliphatic rings. The summed E-state index contributed by atoms with van der Waals surface area (Å²) in [4.78, 5) is 25.7. The quantitative estimate of drug-likeness (QED) is 0.555. The van der Waals surface area contributed by atoms with Crippen LogP contribution in [0.25, 0.3) is 0 Å². The molecule has 1 N–H and O–H groups in total. The highest BCUT2D eigenvalue weighted by Crippen LogP contribution is 2.44. The average molecular weight is 434 g/mol. The Morgan fingerprint density at radius 1 is 1.27 bits per heavy atom. The molecule has 30 heavy (non-hydrogen) atoms. The molecule has 0 saturated heterocycles. The number of carbonyl (C=O) groups excluding carboxylic acids is 1. The van der Waals surface area contributed by atoms with Gasteiger partial charge >= 0.3 is 5.97 Å². The highest BCUT2D eigenvalue weighted by atomic mass is 35.5. The van der Waals surface area contributed by atoms with Crippen molar-refractivity contribution in [2.75, 3.05) is 0 Å². The fraction of sp³-hybridized carbons (Fsp3) is 0.600. The fourth-order valence-electron chi connectivity index (χ4n) is 4.24. The largest absolute Gasteiger partial charge is 0.481 e. The zero-order chi connectivity index (χ0) is 22.9. The normalized spacial score (nSPS) is 21.0. The second-order valence-electron chi connectivity index (χ2n) is 10.4. The van der Waals surface area contributed by atoms with Crippen molar-refractivity contribution in [1.82, 2.24) is 4.90 Å². The predicted octanol–water partition coefficient (Wildman–Crippen LogP) is 6.21. The van der Waals surface area contributed by atoms with Gasteiger partial charge in [0.25, 0.3) is 0 Å². The monoisotopic (exact) mass is 433 g/mol. The molecule has 1 aliphatic heterocycles. The third-order valence-electron chi connectivity index (χ3n) is 6.11. The average Bonchev–Trinajstić information content (AvgIpc) is 2.58. The number of halogens is 1. The molecule has 166 valence electrons. The van der Waals surface area contributed by atoms with Gasteiger partial charge in [-0.05, 0) is 53.9 Å². The van der Waals surface area contributed by atoms with Crippen LogP contribution in [0, 0.1) is 11.3 Å². The number of carbonyl (C=O) groups is 2. The van der Waals surface area contributed by atoms with E-state index in [1.54, 1.807) is 11.8 Å². The lowest BCUT2D eigenvalue weighted by atomic mass is 9.68. The number of amides is 1. The predicted molar refractivity (Wildman–Crippen MR) is 123 cm³/mol. The Hall–Kier alpha value is -1.81. The number of benzene rings is 1. The van der Waals surface area contributed by atoms with Crippen LogP contribution in [0.15, 0.2) is 30.0 Å². The Morgan fingerprint density at radius 3 is 2.40 bits per heavy atom. The number of carboxylic acid groups (broad SMARTS) is 1. The highest BCUT2D eigenvalue weighted by Gasteiger charge is 2.41. The lowest BCUT2D eigenvalue weighted by Gasteiger charge is -2.42. The van der Waals surface area contributed by atoms with E-state index in [1.165, 1.54) is 0 Å². The number of nitrogens with zero attached hydrogens (tertiary/aromatic N) is 1. The third-order valence-corrected chi connectivity index (χ3v) is 6.46. The second-order valence-corrected chi connectivity index (χ2v) is 10.8. The minimum absolute atomic E-state index is 0.0522. The maximum Gasteiger partial charge on any atom is 0.305 e. The topological polar surface area (TPSA) is 57.6 Å². The molecular weight excluding hydrogens is 398 g/mol. The number of carboxylic acids is 1. The van der Waals surface area contributed by atoms with Crippen LogP contribution in [0.5, 0.6) is 0 Å². The van der Waals surface area contributed by atoms with Gasteiger partial charge in [0.05, 0.1) is 6.42 Å². The van der Waals surface area contributed by atoms with Gasteiger partial charge in [0.15, 0.2) is 0 Å². The number of hydrogen-bond donors (Lipinski definition) is 1. The van der Waals surface area contributed by atoms with Crippen molar-refractivity contribution < 1.29 is 14.7 Å².